The fourth-order valence-corrected chi connectivity index (χ4v) is 1.93. The number of amides is 2. The van der Waals surface area contributed by atoms with Gasteiger partial charge in [-0.3, -0.25) is 4.68 Å². The van der Waals surface area contributed by atoms with Crippen molar-refractivity contribution in [1.29, 1.82) is 0 Å². The summed E-state index contributed by atoms with van der Waals surface area (Å²) in [5.41, 5.74) is -0.788. The number of rotatable bonds is 5. The Bertz CT molecular complexity index is 702. The van der Waals surface area contributed by atoms with Crippen molar-refractivity contribution in [3.63, 3.8) is 0 Å². The van der Waals surface area contributed by atoms with E-state index in [-0.39, 0.29) is 18.7 Å². The standard InChI is InChI=1S/C14H16F3N5O2/c1-22-12(20-8-21-22)7-19-13(24)18-6-11(23)9-3-2-4-10(5-9)14(15,16)17/h2-5,8,11,23H,6-7H2,1H3,(H2,18,19,24). The number of urea groups is 1. The number of benzene rings is 1. The predicted octanol–water partition coefficient (Wildman–Crippen LogP) is 1.37. The number of alkyl halides is 3. The lowest BCUT2D eigenvalue weighted by Gasteiger charge is -2.15. The Morgan fingerprint density at radius 3 is 2.75 bits per heavy atom. The van der Waals surface area contributed by atoms with E-state index in [9.17, 15) is 23.1 Å². The lowest BCUT2D eigenvalue weighted by molar-refractivity contribution is -0.137. The number of nitrogens with one attached hydrogen (secondary N) is 2. The second-order valence-electron chi connectivity index (χ2n) is 5.00. The van der Waals surface area contributed by atoms with Crippen LogP contribution in [0.2, 0.25) is 0 Å². The highest BCUT2D eigenvalue weighted by atomic mass is 19.4. The van der Waals surface area contributed by atoms with Gasteiger partial charge in [0.25, 0.3) is 0 Å². The van der Waals surface area contributed by atoms with Gasteiger partial charge in [0.2, 0.25) is 0 Å². The van der Waals surface area contributed by atoms with E-state index < -0.39 is 23.9 Å². The highest BCUT2D eigenvalue weighted by Gasteiger charge is 2.30. The first-order valence-corrected chi connectivity index (χ1v) is 6.97. The summed E-state index contributed by atoms with van der Waals surface area (Å²) < 4.78 is 39.4. The van der Waals surface area contributed by atoms with Gasteiger partial charge < -0.3 is 15.7 Å². The van der Waals surface area contributed by atoms with Gasteiger partial charge in [-0.25, -0.2) is 9.78 Å². The van der Waals surface area contributed by atoms with Crippen LogP contribution in [0.5, 0.6) is 0 Å². The highest BCUT2D eigenvalue weighted by molar-refractivity contribution is 5.73. The van der Waals surface area contributed by atoms with Crippen molar-refractivity contribution in [3.05, 3.63) is 47.5 Å². The molecule has 2 rings (SSSR count). The molecule has 1 heterocycles. The summed E-state index contributed by atoms with van der Waals surface area (Å²) in [6.45, 7) is -0.103. The van der Waals surface area contributed by atoms with Crippen molar-refractivity contribution in [1.82, 2.24) is 25.4 Å². The molecule has 0 saturated heterocycles. The number of aromatic nitrogens is 3. The van der Waals surface area contributed by atoms with Crippen LogP contribution >= 0.6 is 0 Å². The molecule has 0 aliphatic carbocycles. The van der Waals surface area contributed by atoms with Crippen LogP contribution in [-0.4, -0.2) is 32.4 Å². The number of halogens is 3. The Kier molecular flexibility index (Phi) is 5.39. The summed E-state index contributed by atoms with van der Waals surface area (Å²) in [5, 5.41) is 18.6. The van der Waals surface area contributed by atoms with E-state index in [1.54, 1.807) is 7.05 Å². The Labute approximate surface area is 135 Å². The largest absolute Gasteiger partial charge is 0.416 e. The number of hydrogen-bond acceptors (Lipinski definition) is 4. The zero-order valence-corrected chi connectivity index (χ0v) is 12.7. The predicted molar refractivity (Wildman–Crippen MR) is 77.6 cm³/mol. The third-order valence-corrected chi connectivity index (χ3v) is 3.27. The molecule has 2 amide bonds. The van der Waals surface area contributed by atoms with Crippen LogP contribution in [0.4, 0.5) is 18.0 Å². The third-order valence-electron chi connectivity index (χ3n) is 3.27. The third kappa shape index (κ3) is 4.69. The molecule has 1 unspecified atom stereocenters. The number of aliphatic hydroxyl groups is 1. The molecule has 0 spiro atoms. The summed E-state index contributed by atoms with van der Waals surface area (Å²) in [7, 11) is 1.67. The SMILES string of the molecule is Cn1ncnc1CNC(=O)NCC(O)c1cccc(C(F)(F)F)c1. The average Bonchev–Trinajstić information content (AvgIpc) is 2.95. The van der Waals surface area contributed by atoms with Crippen LogP contribution in [0.3, 0.4) is 0 Å². The van der Waals surface area contributed by atoms with E-state index in [1.165, 1.54) is 23.1 Å². The molecule has 24 heavy (non-hydrogen) atoms. The van der Waals surface area contributed by atoms with Gasteiger partial charge in [-0.15, -0.1) is 0 Å². The van der Waals surface area contributed by atoms with E-state index in [2.05, 4.69) is 20.7 Å². The highest BCUT2D eigenvalue weighted by Crippen LogP contribution is 2.30. The van der Waals surface area contributed by atoms with Crippen molar-refractivity contribution in [2.24, 2.45) is 7.05 Å². The van der Waals surface area contributed by atoms with Crippen LogP contribution in [0.25, 0.3) is 0 Å². The van der Waals surface area contributed by atoms with E-state index in [4.69, 9.17) is 0 Å². The van der Waals surface area contributed by atoms with Crippen LogP contribution in [0.1, 0.15) is 23.1 Å². The second kappa shape index (κ2) is 7.30. The Balaban J connectivity index is 1.85. The molecular formula is C14H16F3N5O2. The van der Waals surface area contributed by atoms with Gasteiger partial charge >= 0.3 is 12.2 Å². The summed E-state index contributed by atoms with van der Waals surface area (Å²) in [5.74, 6) is 0.531. The van der Waals surface area contributed by atoms with Gasteiger partial charge in [0.15, 0.2) is 0 Å². The van der Waals surface area contributed by atoms with Crippen molar-refractivity contribution in [3.8, 4) is 0 Å². The monoisotopic (exact) mass is 343 g/mol. The maximum absolute atomic E-state index is 12.6. The number of carbonyl (C=O) groups is 1. The van der Waals surface area contributed by atoms with Gasteiger partial charge in [0.1, 0.15) is 12.2 Å². The lowest BCUT2D eigenvalue weighted by Crippen LogP contribution is -2.37. The topological polar surface area (TPSA) is 92.1 Å². The molecule has 2 aromatic rings. The summed E-state index contributed by atoms with van der Waals surface area (Å²) >= 11 is 0. The molecule has 10 heteroatoms. The molecule has 1 aromatic heterocycles. The van der Waals surface area contributed by atoms with Gasteiger partial charge in [-0.05, 0) is 17.7 Å². The Hall–Kier alpha value is -2.62. The van der Waals surface area contributed by atoms with Crippen molar-refractivity contribution >= 4 is 6.03 Å². The number of aryl methyl sites for hydroxylation is 1. The van der Waals surface area contributed by atoms with E-state index in [1.807, 2.05) is 0 Å². The van der Waals surface area contributed by atoms with E-state index in [0.717, 1.165) is 12.1 Å². The molecule has 0 aliphatic rings. The van der Waals surface area contributed by atoms with Crippen LogP contribution in [0, 0.1) is 0 Å². The molecule has 1 aromatic carbocycles. The van der Waals surface area contributed by atoms with Gasteiger partial charge in [0, 0.05) is 13.6 Å². The molecule has 1 atom stereocenters. The first-order valence-electron chi connectivity index (χ1n) is 6.97. The summed E-state index contributed by atoms with van der Waals surface area (Å²) in [6.07, 6.45) is -4.41. The van der Waals surface area contributed by atoms with Gasteiger partial charge in [-0.2, -0.15) is 18.3 Å². The normalized spacial score (nSPS) is 12.7. The minimum Gasteiger partial charge on any atom is -0.387 e. The van der Waals surface area contributed by atoms with E-state index >= 15 is 0 Å². The molecular weight excluding hydrogens is 327 g/mol. The molecule has 3 N–H and O–H groups in total. The Morgan fingerprint density at radius 2 is 2.12 bits per heavy atom. The maximum Gasteiger partial charge on any atom is 0.416 e. The quantitative estimate of drug-likeness (QED) is 0.764. The summed E-state index contributed by atoms with van der Waals surface area (Å²) in [6, 6.07) is 3.75. The second-order valence-corrected chi connectivity index (χ2v) is 5.00. The molecule has 0 saturated carbocycles. The zero-order chi connectivity index (χ0) is 17.7. The zero-order valence-electron chi connectivity index (χ0n) is 12.7. The van der Waals surface area contributed by atoms with Crippen molar-refractivity contribution in [2.45, 2.75) is 18.8 Å². The molecule has 0 aliphatic heterocycles. The van der Waals surface area contributed by atoms with Crippen LogP contribution in [-0.2, 0) is 19.8 Å². The fourth-order valence-electron chi connectivity index (χ4n) is 1.93. The van der Waals surface area contributed by atoms with E-state index in [0.29, 0.717) is 5.82 Å². The van der Waals surface area contributed by atoms with Crippen molar-refractivity contribution in [2.75, 3.05) is 6.54 Å². The average molecular weight is 343 g/mol. The first-order chi connectivity index (χ1) is 11.3. The molecule has 0 fully saturated rings. The van der Waals surface area contributed by atoms with Crippen LogP contribution in [0.15, 0.2) is 30.6 Å². The molecule has 0 bridgehead atoms. The van der Waals surface area contributed by atoms with Gasteiger partial charge in [-0.1, -0.05) is 12.1 Å². The minimum absolute atomic E-state index is 0.0680. The number of aliphatic hydroxyl groups excluding tert-OH is 1. The maximum atomic E-state index is 12.6. The number of carbonyl (C=O) groups excluding carboxylic acids is 1. The summed E-state index contributed by atoms with van der Waals surface area (Å²) in [4.78, 5) is 15.6. The molecule has 0 radical (unpaired) electrons. The number of hydrogen-bond donors (Lipinski definition) is 3. The molecule has 130 valence electrons. The minimum atomic E-state index is -4.49. The Morgan fingerprint density at radius 1 is 1.38 bits per heavy atom. The smallest absolute Gasteiger partial charge is 0.387 e. The number of nitrogens with zero attached hydrogens (tertiary/aromatic N) is 3. The van der Waals surface area contributed by atoms with Gasteiger partial charge in [0.05, 0.1) is 18.2 Å². The van der Waals surface area contributed by atoms with Crippen LogP contribution < -0.4 is 10.6 Å². The van der Waals surface area contributed by atoms with Crippen molar-refractivity contribution < 1.29 is 23.1 Å². The lowest BCUT2D eigenvalue weighted by atomic mass is 10.1. The first kappa shape index (κ1) is 17.7. The molecule has 7 nitrogen and oxygen atoms in total. The fraction of sp³-hybridized carbons (Fsp3) is 0.357.